The number of hydrogen-bond donors (Lipinski definition) is 4. The van der Waals surface area contributed by atoms with Crippen LogP contribution in [0, 0.1) is 6.92 Å². The van der Waals surface area contributed by atoms with E-state index in [-0.39, 0.29) is 5.91 Å². The van der Waals surface area contributed by atoms with Gasteiger partial charge >= 0.3 is 0 Å². The molecule has 7 heteroatoms. The number of aromatic amines is 2. The molecule has 4 N–H and O–H groups in total. The van der Waals surface area contributed by atoms with Crippen LogP contribution in [0.5, 0.6) is 0 Å². The zero-order valence-electron chi connectivity index (χ0n) is 13.5. The molecular formula is C17H20N6O. The molecule has 1 aliphatic heterocycles. The molecule has 4 rings (SSSR count). The second-order valence-corrected chi connectivity index (χ2v) is 6.30. The van der Waals surface area contributed by atoms with Gasteiger partial charge in [-0.05, 0) is 44.0 Å². The van der Waals surface area contributed by atoms with E-state index in [2.05, 4.69) is 30.8 Å². The number of H-pyrrole nitrogens is 2. The van der Waals surface area contributed by atoms with Crippen LogP contribution in [0.15, 0.2) is 24.4 Å². The summed E-state index contributed by atoms with van der Waals surface area (Å²) in [6.45, 7) is 3.94. The standard InChI is InChI=1S/C17H20N6O/c1-10-4-5-13-14(7-10)21-17(20-13)22-16(24)15-12(9-19-23-15)11-3-2-6-18-8-11/h4-5,7,9,11,18H,2-3,6,8H2,1H3,(H,19,23)(H2,20,21,22,24). The van der Waals surface area contributed by atoms with Crippen molar-refractivity contribution in [3.63, 3.8) is 0 Å². The summed E-state index contributed by atoms with van der Waals surface area (Å²) in [6, 6.07) is 5.94. The molecule has 3 heterocycles. The molecular weight excluding hydrogens is 304 g/mol. The Labute approximate surface area is 139 Å². The number of anilines is 1. The molecule has 1 aliphatic rings. The highest BCUT2D eigenvalue weighted by molar-refractivity contribution is 6.03. The molecule has 2 aromatic heterocycles. The average Bonchev–Trinajstić information content (AvgIpc) is 3.21. The second-order valence-electron chi connectivity index (χ2n) is 6.30. The van der Waals surface area contributed by atoms with E-state index in [1.165, 1.54) is 0 Å². The predicted octanol–water partition coefficient (Wildman–Crippen LogP) is 2.31. The van der Waals surface area contributed by atoms with Gasteiger partial charge in [-0.3, -0.25) is 15.2 Å². The Morgan fingerprint density at radius 1 is 1.38 bits per heavy atom. The molecule has 0 radical (unpaired) electrons. The normalized spacial score (nSPS) is 18.0. The third kappa shape index (κ3) is 2.78. The molecule has 1 saturated heterocycles. The number of benzene rings is 1. The first-order chi connectivity index (χ1) is 11.7. The van der Waals surface area contributed by atoms with Crippen LogP contribution in [0.25, 0.3) is 11.0 Å². The number of fused-ring (bicyclic) bond motifs is 1. The molecule has 1 unspecified atom stereocenters. The first-order valence-electron chi connectivity index (χ1n) is 8.22. The van der Waals surface area contributed by atoms with Crippen LogP contribution < -0.4 is 10.6 Å². The summed E-state index contributed by atoms with van der Waals surface area (Å²) in [6.07, 6.45) is 3.94. The zero-order valence-corrected chi connectivity index (χ0v) is 13.5. The fraction of sp³-hybridized carbons (Fsp3) is 0.353. The van der Waals surface area contributed by atoms with Gasteiger partial charge in [0.05, 0.1) is 17.2 Å². The van der Waals surface area contributed by atoms with Gasteiger partial charge in [0.15, 0.2) is 0 Å². The molecule has 0 spiro atoms. The number of hydrogen-bond acceptors (Lipinski definition) is 4. The molecule has 124 valence electrons. The van der Waals surface area contributed by atoms with E-state index in [1.807, 2.05) is 25.1 Å². The number of aromatic nitrogens is 4. The molecule has 1 amide bonds. The lowest BCUT2D eigenvalue weighted by Gasteiger charge is -2.22. The van der Waals surface area contributed by atoms with Crippen LogP contribution >= 0.6 is 0 Å². The Bertz CT molecular complexity index is 874. The van der Waals surface area contributed by atoms with E-state index in [0.717, 1.165) is 48.1 Å². The van der Waals surface area contributed by atoms with E-state index >= 15 is 0 Å². The predicted molar refractivity (Wildman–Crippen MR) is 92.2 cm³/mol. The lowest BCUT2D eigenvalue weighted by molar-refractivity contribution is 0.102. The molecule has 1 aromatic carbocycles. The third-order valence-corrected chi connectivity index (χ3v) is 4.50. The highest BCUT2D eigenvalue weighted by Crippen LogP contribution is 2.25. The van der Waals surface area contributed by atoms with Gasteiger partial charge in [0.2, 0.25) is 5.95 Å². The van der Waals surface area contributed by atoms with Crippen molar-refractivity contribution < 1.29 is 4.79 Å². The number of nitrogens with zero attached hydrogens (tertiary/aromatic N) is 2. The SMILES string of the molecule is Cc1ccc2nc(NC(=O)c3[nH]ncc3C3CCCNC3)[nH]c2c1. The van der Waals surface area contributed by atoms with Gasteiger partial charge in [-0.15, -0.1) is 0 Å². The van der Waals surface area contributed by atoms with E-state index in [9.17, 15) is 4.79 Å². The number of amides is 1. The van der Waals surface area contributed by atoms with Gasteiger partial charge in [0.25, 0.3) is 5.91 Å². The molecule has 3 aromatic rings. The number of rotatable bonds is 3. The van der Waals surface area contributed by atoms with Crippen LogP contribution in [0.1, 0.15) is 40.4 Å². The van der Waals surface area contributed by atoms with Crippen LogP contribution in [-0.2, 0) is 0 Å². The molecule has 0 saturated carbocycles. The van der Waals surface area contributed by atoms with Gasteiger partial charge in [-0.2, -0.15) is 5.10 Å². The Hall–Kier alpha value is -2.67. The van der Waals surface area contributed by atoms with Crippen molar-refractivity contribution in [1.82, 2.24) is 25.5 Å². The highest BCUT2D eigenvalue weighted by atomic mass is 16.2. The minimum Gasteiger partial charge on any atom is -0.324 e. The summed E-state index contributed by atoms with van der Waals surface area (Å²) in [7, 11) is 0. The number of nitrogens with one attached hydrogen (secondary N) is 4. The quantitative estimate of drug-likeness (QED) is 0.594. The first kappa shape index (κ1) is 14.9. The Kier molecular flexibility index (Phi) is 3.78. The zero-order chi connectivity index (χ0) is 16.5. The van der Waals surface area contributed by atoms with Crippen molar-refractivity contribution in [2.24, 2.45) is 0 Å². The second kappa shape index (κ2) is 6.09. The monoisotopic (exact) mass is 324 g/mol. The lowest BCUT2D eigenvalue weighted by atomic mass is 9.92. The van der Waals surface area contributed by atoms with E-state index in [1.54, 1.807) is 6.20 Å². The van der Waals surface area contributed by atoms with Gasteiger partial charge < -0.3 is 10.3 Å². The maximum Gasteiger partial charge on any atom is 0.276 e. The summed E-state index contributed by atoms with van der Waals surface area (Å²) in [5.74, 6) is 0.545. The Balaban J connectivity index is 1.56. The van der Waals surface area contributed by atoms with Crippen molar-refractivity contribution in [3.8, 4) is 0 Å². The average molecular weight is 324 g/mol. The van der Waals surface area contributed by atoms with Crippen molar-refractivity contribution in [2.45, 2.75) is 25.7 Å². The number of piperidine rings is 1. The number of aryl methyl sites for hydroxylation is 1. The summed E-state index contributed by atoms with van der Waals surface area (Å²) in [4.78, 5) is 20.2. The molecule has 1 fully saturated rings. The van der Waals surface area contributed by atoms with Crippen molar-refractivity contribution in [2.75, 3.05) is 18.4 Å². The molecule has 7 nitrogen and oxygen atoms in total. The topological polar surface area (TPSA) is 98.5 Å². The maximum absolute atomic E-state index is 12.6. The van der Waals surface area contributed by atoms with Crippen molar-refractivity contribution >= 4 is 22.9 Å². The van der Waals surface area contributed by atoms with Crippen LogP contribution in [-0.4, -0.2) is 39.2 Å². The summed E-state index contributed by atoms with van der Waals surface area (Å²) in [5.41, 5.74) is 4.36. The minimum atomic E-state index is -0.219. The first-order valence-corrected chi connectivity index (χ1v) is 8.22. The molecule has 0 aliphatic carbocycles. The van der Waals surface area contributed by atoms with Gasteiger partial charge in [0.1, 0.15) is 5.69 Å². The highest BCUT2D eigenvalue weighted by Gasteiger charge is 2.23. The van der Waals surface area contributed by atoms with Crippen molar-refractivity contribution in [1.29, 1.82) is 0 Å². The molecule has 0 bridgehead atoms. The fourth-order valence-corrected chi connectivity index (χ4v) is 3.26. The number of imidazole rings is 1. The lowest BCUT2D eigenvalue weighted by Crippen LogP contribution is -2.29. The van der Waals surface area contributed by atoms with E-state index in [4.69, 9.17) is 0 Å². The van der Waals surface area contributed by atoms with Crippen LogP contribution in [0.2, 0.25) is 0 Å². The minimum absolute atomic E-state index is 0.219. The Morgan fingerprint density at radius 2 is 2.29 bits per heavy atom. The fourth-order valence-electron chi connectivity index (χ4n) is 3.26. The third-order valence-electron chi connectivity index (χ3n) is 4.50. The largest absolute Gasteiger partial charge is 0.324 e. The van der Waals surface area contributed by atoms with Gasteiger partial charge in [-0.1, -0.05) is 6.07 Å². The number of carbonyl (C=O) groups excluding carboxylic acids is 1. The van der Waals surface area contributed by atoms with E-state index in [0.29, 0.717) is 17.6 Å². The van der Waals surface area contributed by atoms with Gasteiger partial charge in [0, 0.05) is 18.0 Å². The molecule has 24 heavy (non-hydrogen) atoms. The Morgan fingerprint density at radius 3 is 3.12 bits per heavy atom. The van der Waals surface area contributed by atoms with Crippen molar-refractivity contribution in [3.05, 3.63) is 41.2 Å². The van der Waals surface area contributed by atoms with Crippen LogP contribution in [0.3, 0.4) is 0 Å². The van der Waals surface area contributed by atoms with E-state index < -0.39 is 0 Å². The molecule has 1 atom stereocenters. The van der Waals surface area contributed by atoms with Crippen LogP contribution in [0.4, 0.5) is 5.95 Å². The van der Waals surface area contributed by atoms with Gasteiger partial charge in [-0.25, -0.2) is 4.98 Å². The summed E-state index contributed by atoms with van der Waals surface area (Å²) in [5, 5.41) is 13.1. The summed E-state index contributed by atoms with van der Waals surface area (Å²) < 4.78 is 0. The summed E-state index contributed by atoms with van der Waals surface area (Å²) >= 11 is 0. The number of carbonyl (C=O) groups is 1. The smallest absolute Gasteiger partial charge is 0.276 e. The maximum atomic E-state index is 12.6.